The molecule has 0 bridgehead atoms. The quantitative estimate of drug-likeness (QED) is 0.620. The third-order valence-electron chi connectivity index (χ3n) is 2.66. The molecule has 1 saturated heterocycles. The van der Waals surface area contributed by atoms with E-state index in [1.807, 2.05) is 0 Å². The van der Waals surface area contributed by atoms with E-state index in [4.69, 9.17) is 16.3 Å². The summed E-state index contributed by atoms with van der Waals surface area (Å²) < 4.78 is 41.5. The predicted molar refractivity (Wildman–Crippen MR) is 71.7 cm³/mol. The Morgan fingerprint density at radius 3 is 2.84 bits per heavy atom. The standard InChI is InChI=1S/C13H12ClFO3S/c14-4-1-2-10-6-11(15)8-13(7-10)18-12-3-5-19(16,17)9-12/h6-8,12H,3-5,9H2. The molecule has 1 aliphatic heterocycles. The number of halogens is 2. The van der Waals surface area contributed by atoms with E-state index in [0.717, 1.165) is 0 Å². The summed E-state index contributed by atoms with van der Waals surface area (Å²) in [4.78, 5) is 0. The van der Waals surface area contributed by atoms with E-state index in [2.05, 4.69) is 11.8 Å². The zero-order valence-corrected chi connectivity index (χ0v) is 11.6. The molecule has 0 aliphatic carbocycles. The van der Waals surface area contributed by atoms with Gasteiger partial charge < -0.3 is 4.74 Å². The maximum Gasteiger partial charge on any atom is 0.154 e. The van der Waals surface area contributed by atoms with Crippen LogP contribution in [0.3, 0.4) is 0 Å². The second-order valence-electron chi connectivity index (χ2n) is 4.25. The van der Waals surface area contributed by atoms with Gasteiger partial charge in [0.15, 0.2) is 9.84 Å². The summed E-state index contributed by atoms with van der Waals surface area (Å²) in [7, 11) is -3.01. The Morgan fingerprint density at radius 1 is 1.42 bits per heavy atom. The molecule has 0 aromatic heterocycles. The molecule has 0 radical (unpaired) electrons. The highest BCUT2D eigenvalue weighted by molar-refractivity contribution is 7.91. The molecule has 1 fully saturated rings. The molecule has 1 heterocycles. The molecule has 0 N–H and O–H groups in total. The van der Waals surface area contributed by atoms with Crippen molar-refractivity contribution < 1.29 is 17.5 Å². The first-order valence-corrected chi connectivity index (χ1v) is 8.06. The van der Waals surface area contributed by atoms with Crippen LogP contribution in [0.1, 0.15) is 12.0 Å². The lowest BCUT2D eigenvalue weighted by atomic mass is 10.2. The second kappa shape index (κ2) is 5.81. The maximum absolute atomic E-state index is 13.4. The van der Waals surface area contributed by atoms with Crippen LogP contribution in [0, 0.1) is 17.7 Å². The summed E-state index contributed by atoms with van der Waals surface area (Å²) in [6.07, 6.45) is 0.0160. The molecule has 2 rings (SSSR count). The number of benzene rings is 1. The highest BCUT2D eigenvalue weighted by Crippen LogP contribution is 2.22. The van der Waals surface area contributed by atoms with Crippen LogP contribution in [0.2, 0.25) is 0 Å². The van der Waals surface area contributed by atoms with Gasteiger partial charge in [-0.25, -0.2) is 12.8 Å². The van der Waals surface area contributed by atoms with E-state index >= 15 is 0 Å². The largest absolute Gasteiger partial charge is 0.489 e. The van der Waals surface area contributed by atoms with E-state index in [1.54, 1.807) is 6.07 Å². The highest BCUT2D eigenvalue weighted by atomic mass is 35.5. The molecular weight excluding hydrogens is 291 g/mol. The van der Waals surface area contributed by atoms with Gasteiger partial charge >= 0.3 is 0 Å². The van der Waals surface area contributed by atoms with Gasteiger partial charge in [0.05, 0.1) is 17.4 Å². The lowest BCUT2D eigenvalue weighted by Crippen LogP contribution is -2.17. The van der Waals surface area contributed by atoms with Crippen molar-refractivity contribution in [3.8, 4) is 17.6 Å². The normalized spacial score (nSPS) is 20.6. The van der Waals surface area contributed by atoms with Crippen LogP contribution in [0.4, 0.5) is 4.39 Å². The van der Waals surface area contributed by atoms with E-state index in [9.17, 15) is 12.8 Å². The van der Waals surface area contributed by atoms with Crippen LogP contribution in [0.25, 0.3) is 0 Å². The van der Waals surface area contributed by atoms with Crippen molar-refractivity contribution in [3.63, 3.8) is 0 Å². The fourth-order valence-corrected chi connectivity index (χ4v) is 3.54. The van der Waals surface area contributed by atoms with Crippen molar-refractivity contribution in [1.29, 1.82) is 0 Å². The molecule has 0 amide bonds. The molecule has 3 nitrogen and oxygen atoms in total. The van der Waals surface area contributed by atoms with Crippen molar-refractivity contribution in [1.82, 2.24) is 0 Å². The van der Waals surface area contributed by atoms with Gasteiger partial charge in [0.2, 0.25) is 0 Å². The fourth-order valence-electron chi connectivity index (χ4n) is 1.88. The van der Waals surface area contributed by atoms with E-state index in [0.29, 0.717) is 17.7 Å². The third-order valence-corrected chi connectivity index (χ3v) is 4.54. The van der Waals surface area contributed by atoms with Crippen molar-refractivity contribution in [2.24, 2.45) is 0 Å². The summed E-state index contributed by atoms with van der Waals surface area (Å²) in [6, 6.07) is 4.07. The average molecular weight is 303 g/mol. The molecule has 6 heteroatoms. The summed E-state index contributed by atoms with van der Waals surface area (Å²) in [5.41, 5.74) is 0.455. The van der Waals surface area contributed by atoms with Crippen LogP contribution in [0.15, 0.2) is 18.2 Å². The van der Waals surface area contributed by atoms with Gasteiger partial charge in [-0.3, -0.25) is 0 Å². The SMILES string of the molecule is O=S1(=O)CCC(Oc2cc(F)cc(C#CCCl)c2)C1. The Kier molecular flexibility index (Phi) is 4.33. The van der Waals surface area contributed by atoms with E-state index in [1.165, 1.54) is 12.1 Å². The molecule has 1 aromatic rings. The fraction of sp³-hybridized carbons (Fsp3) is 0.385. The number of ether oxygens (including phenoxy) is 1. The van der Waals surface area contributed by atoms with Gasteiger partial charge in [0.25, 0.3) is 0 Å². The molecular formula is C13H12ClFO3S. The van der Waals surface area contributed by atoms with Gasteiger partial charge in [-0.1, -0.05) is 11.8 Å². The summed E-state index contributed by atoms with van der Waals surface area (Å²) in [5, 5.41) is 0. The van der Waals surface area contributed by atoms with Gasteiger partial charge in [-0.2, -0.15) is 0 Å². The van der Waals surface area contributed by atoms with Crippen molar-refractivity contribution in [2.45, 2.75) is 12.5 Å². The second-order valence-corrected chi connectivity index (χ2v) is 6.75. The molecule has 19 heavy (non-hydrogen) atoms. The zero-order valence-electron chi connectivity index (χ0n) is 10.0. The number of alkyl halides is 1. The molecule has 102 valence electrons. The number of hydrogen-bond donors (Lipinski definition) is 0. The molecule has 0 saturated carbocycles. The number of hydrogen-bond acceptors (Lipinski definition) is 3. The number of sulfone groups is 1. The Balaban J connectivity index is 2.14. The van der Waals surface area contributed by atoms with Crippen molar-refractivity contribution >= 4 is 21.4 Å². The van der Waals surface area contributed by atoms with E-state index < -0.39 is 21.8 Å². The van der Waals surface area contributed by atoms with Crippen molar-refractivity contribution in [2.75, 3.05) is 17.4 Å². The van der Waals surface area contributed by atoms with Crippen LogP contribution in [-0.2, 0) is 9.84 Å². The average Bonchev–Trinajstić information content (AvgIpc) is 2.65. The highest BCUT2D eigenvalue weighted by Gasteiger charge is 2.29. The predicted octanol–water partition coefficient (Wildman–Crippen LogP) is 1.98. The third kappa shape index (κ3) is 4.12. The summed E-state index contributed by atoms with van der Waals surface area (Å²) >= 11 is 5.43. The summed E-state index contributed by atoms with van der Waals surface area (Å²) in [6.45, 7) is 0. The Morgan fingerprint density at radius 2 is 2.21 bits per heavy atom. The smallest absolute Gasteiger partial charge is 0.154 e. The lowest BCUT2D eigenvalue weighted by molar-refractivity contribution is 0.228. The minimum absolute atomic E-state index is 0.0216. The van der Waals surface area contributed by atoms with Crippen LogP contribution in [0.5, 0.6) is 5.75 Å². The lowest BCUT2D eigenvalue weighted by Gasteiger charge is -2.12. The molecule has 1 unspecified atom stereocenters. The first kappa shape index (κ1) is 14.2. The minimum Gasteiger partial charge on any atom is -0.489 e. The molecule has 1 aromatic carbocycles. The van der Waals surface area contributed by atoms with Gasteiger partial charge in [0, 0.05) is 11.6 Å². The first-order chi connectivity index (χ1) is 8.98. The first-order valence-electron chi connectivity index (χ1n) is 5.71. The topological polar surface area (TPSA) is 43.4 Å². The molecule has 1 atom stereocenters. The monoisotopic (exact) mass is 302 g/mol. The zero-order chi connectivity index (χ0) is 13.9. The maximum atomic E-state index is 13.4. The van der Waals surface area contributed by atoms with Crippen LogP contribution >= 0.6 is 11.6 Å². The van der Waals surface area contributed by atoms with Gasteiger partial charge in [0.1, 0.15) is 17.7 Å². The van der Waals surface area contributed by atoms with Gasteiger partial charge in [-0.05, 0) is 18.6 Å². The summed E-state index contributed by atoms with van der Waals surface area (Å²) in [5.74, 6) is 5.39. The van der Waals surface area contributed by atoms with Gasteiger partial charge in [-0.15, -0.1) is 11.6 Å². The van der Waals surface area contributed by atoms with Crippen LogP contribution in [-0.4, -0.2) is 31.9 Å². The Labute approximate surface area is 116 Å². The van der Waals surface area contributed by atoms with Crippen molar-refractivity contribution in [3.05, 3.63) is 29.6 Å². The number of rotatable bonds is 2. The Hall–Kier alpha value is -1.25. The minimum atomic E-state index is -3.01. The molecule has 1 aliphatic rings. The molecule has 0 spiro atoms. The van der Waals surface area contributed by atoms with Crippen LogP contribution < -0.4 is 4.74 Å². The Bertz CT molecular complexity index is 631. The van der Waals surface area contributed by atoms with E-state index in [-0.39, 0.29) is 17.4 Å².